The van der Waals surface area contributed by atoms with Gasteiger partial charge in [-0.3, -0.25) is 9.89 Å². The molecule has 0 atom stereocenters. The smallest absolute Gasteiger partial charge is 0.368 e. The average Bonchev–Trinajstić information content (AvgIpc) is 3.34. The molecule has 3 heterocycles. The SMILES string of the molecule is CCCN1CCN(C(=O)c2nc(C)n(-c3n[nH]c(C(F)(F)F)n3)n2)c2ccc(F)cc21. The third-order valence-corrected chi connectivity index (χ3v) is 4.79. The average molecular weight is 438 g/mol. The first-order valence-corrected chi connectivity index (χ1v) is 9.49. The van der Waals surface area contributed by atoms with E-state index in [1.807, 2.05) is 11.8 Å². The summed E-state index contributed by atoms with van der Waals surface area (Å²) in [6.07, 6.45) is -3.85. The number of aromatic amines is 1. The minimum Gasteiger partial charge on any atom is -0.368 e. The normalized spacial score (nSPS) is 14.1. The summed E-state index contributed by atoms with van der Waals surface area (Å²) in [6.45, 7) is 4.99. The first-order valence-electron chi connectivity index (χ1n) is 9.49. The van der Waals surface area contributed by atoms with Gasteiger partial charge in [0.25, 0.3) is 11.9 Å². The van der Waals surface area contributed by atoms with Crippen molar-refractivity contribution in [2.45, 2.75) is 26.4 Å². The fraction of sp³-hybridized carbons (Fsp3) is 0.389. The number of fused-ring (bicyclic) bond motifs is 1. The molecule has 4 rings (SSSR count). The van der Waals surface area contributed by atoms with Crippen LogP contribution >= 0.6 is 0 Å². The Morgan fingerprint density at radius 3 is 2.65 bits per heavy atom. The van der Waals surface area contributed by atoms with E-state index in [4.69, 9.17) is 0 Å². The fourth-order valence-corrected chi connectivity index (χ4v) is 3.42. The van der Waals surface area contributed by atoms with Crippen molar-refractivity contribution in [3.8, 4) is 5.95 Å². The van der Waals surface area contributed by atoms with Crippen LogP contribution in [0.15, 0.2) is 18.2 Å². The lowest BCUT2D eigenvalue weighted by atomic mass is 10.1. The van der Waals surface area contributed by atoms with Crippen LogP contribution in [0.2, 0.25) is 0 Å². The van der Waals surface area contributed by atoms with Gasteiger partial charge in [-0.15, -0.1) is 10.2 Å². The van der Waals surface area contributed by atoms with Crippen LogP contribution < -0.4 is 9.80 Å². The van der Waals surface area contributed by atoms with Crippen LogP contribution in [0, 0.1) is 12.7 Å². The highest BCUT2D eigenvalue weighted by Gasteiger charge is 2.36. The molecule has 0 saturated carbocycles. The van der Waals surface area contributed by atoms with Gasteiger partial charge in [-0.1, -0.05) is 6.92 Å². The van der Waals surface area contributed by atoms with Gasteiger partial charge < -0.3 is 9.80 Å². The highest BCUT2D eigenvalue weighted by molar-refractivity contribution is 6.06. The number of alkyl halides is 3. The minimum atomic E-state index is -4.70. The molecule has 0 bridgehead atoms. The minimum absolute atomic E-state index is 0.139. The van der Waals surface area contributed by atoms with Gasteiger partial charge in [-0.25, -0.2) is 9.37 Å². The predicted molar refractivity (Wildman–Crippen MR) is 102 cm³/mol. The van der Waals surface area contributed by atoms with E-state index in [1.165, 1.54) is 30.0 Å². The zero-order valence-corrected chi connectivity index (χ0v) is 16.6. The standard InChI is InChI=1S/C18H18F4N8O/c1-3-6-28-7-8-29(12-5-4-11(19)9-13(12)28)15(31)14-23-10(2)30(27-14)17-24-16(25-26-17)18(20,21)22/h4-5,9H,3,6-8H2,1-2H3,(H,24,25,26). The van der Waals surface area contributed by atoms with Crippen LogP contribution in [-0.2, 0) is 6.18 Å². The van der Waals surface area contributed by atoms with Gasteiger partial charge in [0.2, 0.25) is 11.6 Å². The topological polar surface area (TPSA) is 95.8 Å². The van der Waals surface area contributed by atoms with E-state index in [0.717, 1.165) is 11.1 Å². The molecular weight excluding hydrogens is 420 g/mol. The molecule has 2 aromatic heterocycles. The van der Waals surface area contributed by atoms with Crippen LogP contribution in [0.3, 0.4) is 0 Å². The van der Waals surface area contributed by atoms with Crippen molar-refractivity contribution in [1.82, 2.24) is 29.9 Å². The molecule has 0 spiro atoms. The molecular formula is C18H18F4N8O. The van der Waals surface area contributed by atoms with Crippen LogP contribution in [0.5, 0.6) is 0 Å². The Morgan fingerprint density at radius 1 is 1.19 bits per heavy atom. The van der Waals surface area contributed by atoms with Crippen LogP contribution in [0.25, 0.3) is 5.95 Å². The third kappa shape index (κ3) is 3.82. The van der Waals surface area contributed by atoms with E-state index in [1.54, 1.807) is 5.10 Å². The van der Waals surface area contributed by atoms with Gasteiger partial charge in [-0.05, 0) is 31.5 Å². The summed E-state index contributed by atoms with van der Waals surface area (Å²) in [5, 5.41) is 9.31. The lowest BCUT2D eigenvalue weighted by Gasteiger charge is -2.37. The van der Waals surface area contributed by atoms with E-state index < -0.39 is 23.7 Å². The van der Waals surface area contributed by atoms with Gasteiger partial charge >= 0.3 is 6.18 Å². The second-order valence-electron chi connectivity index (χ2n) is 6.95. The van der Waals surface area contributed by atoms with E-state index in [2.05, 4.69) is 20.2 Å². The highest BCUT2D eigenvalue weighted by Crippen LogP contribution is 2.34. The van der Waals surface area contributed by atoms with E-state index >= 15 is 0 Å². The number of nitrogens with one attached hydrogen (secondary N) is 1. The van der Waals surface area contributed by atoms with Gasteiger partial charge in [-0.2, -0.15) is 22.8 Å². The van der Waals surface area contributed by atoms with Gasteiger partial charge in [0.05, 0.1) is 11.4 Å². The molecule has 1 N–H and O–H groups in total. The Hall–Kier alpha value is -3.51. The molecule has 0 radical (unpaired) electrons. The molecule has 0 fully saturated rings. The molecule has 1 aliphatic heterocycles. The number of halogens is 4. The monoisotopic (exact) mass is 438 g/mol. The summed E-state index contributed by atoms with van der Waals surface area (Å²) >= 11 is 0. The molecule has 164 valence electrons. The second kappa shape index (κ2) is 7.63. The maximum absolute atomic E-state index is 13.8. The molecule has 1 aliphatic rings. The van der Waals surface area contributed by atoms with Crippen molar-refractivity contribution >= 4 is 17.3 Å². The van der Waals surface area contributed by atoms with E-state index in [9.17, 15) is 22.4 Å². The number of aromatic nitrogens is 6. The number of hydrogen-bond acceptors (Lipinski definition) is 6. The van der Waals surface area contributed by atoms with Crippen molar-refractivity contribution < 1.29 is 22.4 Å². The maximum atomic E-state index is 13.8. The number of rotatable bonds is 4. The summed E-state index contributed by atoms with van der Waals surface area (Å²) in [6, 6.07) is 4.14. The molecule has 31 heavy (non-hydrogen) atoms. The fourth-order valence-electron chi connectivity index (χ4n) is 3.42. The lowest BCUT2D eigenvalue weighted by Crippen LogP contribution is -2.44. The number of nitrogens with zero attached hydrogens (tertiary/aromatic N) is 7. The molecule has 9 nitrogen and oxygen atoms in total. The second-order valence-corrected chi connectivity index (χ2v) is 6.95. The molecule has 0 unspecified atom stereocenters. The Kier molecular flexibility index (Phi) is 5.11. The van der Waals surface area contributed by atoms with Gasteiger partial charge in [0, 0.05) is 19.6 Å². The highest BCUT2D eigenvalue weighted by atomic mass is 19.4. The zero-order valence-electron chi connectivity index (χ0n) is 16.6. The number of amides is 1. The number of carbonyl (C=O) groups excluding carboxylic acids is 1. The summed E-state index contributed by atoms with van der Waals surface area (Å²) in [5.41, 5.74) is 1.10. The Labute approximate surface area is 173 Å². The van der Waals surface area contributed by atoms with E-state index in [-0.39, 0.29) is 17.6 Å². The maximum Gasteiger partial charge on any atom is 0.451 e. The van der Waals surface area contributed by atoms with Crippen LogP contribution in [-0.4, -0.2) is 55.5 Å². The van der Waals surface area contributed by atoms with Gasteiger partial charge in [0.15, 0.2) is 0 Å². The Bertz CT molecular complexity index is 1120. The van der Waals surface area contributed by atoms with E-state index in [0.29, 0.717) is 31.0 Å². The number of H-pyrrole nitrogens is 1. The first-order chi connectivity index (χ1) is 14.7. The lowest BCUT2D eigenvalue weighted by molar-refractivity contribution is -0.144. The molecule has 0 saturated heterocycles. The predicted octanol–water partition coefficient (Wildman–Crippen LogP) is 2.73. The number of carbonyl (C=O) groups is 1. The number of anilines is 2. The van der Waals surface area contributed by atoms with Gasteiger partial charge in [0.1, 0.15) is 11.6 Å². The Morgan fingerprint density at radius 2 is 1.97 bits per heavy atom. The van der Waals surface area contributed by atoms with Crippen LogP contribution in [0.1, 0.15) is 35.6 Å². The molecule has 1 amide bonds. The quantitative estimate of drug-likeness (QED) is 0.630. The van der Waals surface area contributed by atoms with Crippen molar-refractivity contribution in [2.24, 2.45) is 0 Å². The van der Waals surface area contributed by atoms with Crippen LogP contribution in [0.4, 0.5) is 28.9 Å². The largest absolute Gasteiger partial charge is 0.451 e. The third-order valence-electron chi connectivity index (χ3n) is 4.79. The first kappa shape index (κ1) is 20.8. The summed E-state index contributed by atoms with van der Waals surface area (Å²) in [7, 11) is 0. The summed E-state index contributed by atoms with van der Waals surface area (Å²) in [4.78, 5) is 24.0. The van der Waals surface area contributed by atoms with Crippen molar-refractivity contribution in [3.63, 3.8) is 0 Å². The zero-order chi connectivity index (χ0) is 22.3. The number of aryl methyl sites for hydroxylation is 1. The Balaban J connectivity index is 1.66. The van der Waals surface area contributed by atoms with Crippen molar-refractivity contribution in [2.75, 3.05) is 29.4 Å². The van der Waals surface area contributed by atoms with Crippen molar-refractivity contribution in [1.29, 1.82) is 0 Å². The molecule has 13 heteroatoms. The number of hydrogen-bond donors (Lipinski definition) is 1. The molecule has 0 aliphatic carbocycles. The van der Waals surface area contributed by atoms with Crippen molar-refractivity contribution in [3.05, 3.63) is 41.5 Å². The summed E-state index contributed by atoms with van der Waals surface area (Å²) in [5.74, 6) is -2.73. The molecule has 1 aromatic carbocycles. The number of benzene rings is 1. The summed E-state index contributed by atoms with van der Waals surface area (Å²) < 4.78 is 53.1. The molecule has 3 aromatic rings.